The molecule has 0 aliphatic heterocycles. The molecule has 0 fully saturated rings. The summed E-state index contributed by atoms with van der Waals surface area (Å²) < 4.78 is 23.5. The van der Waals surface area contributed by atoms with Crippen molar-refractivity contribution in [2.75, 3.05) is 0 Å². The molecule has 0 bridgehead atoms. The first-order valence-electron chi connectivity index (χ1n) is 5.59. The van der Waals surface area contributed by atoms with Crippen molar-refractivity contribution in [3.63, 3.8) is 0 Å². The predicted octanol–water partition coefficient (Wildman–Crippen LogP) is 2.75. The molecule has 0 saturated carbocycles. The third-order valence-electron chi connectivity index (χ3n) is 2.48. The van der Waals surface area contributed by atoms with Crippen molar-refractivity contribution < 1.29 is 18.8 Å². The SMILES string of the molecule is Cc1cc(COc2cc(F)ccc2[C@H](C)O)no1. The molecule has 1 N–H and O–H groups in total. The minimum absolute atomic E-state index is 0.167. The van der Waals surface area contributed by atoms with Gasteiger partial charge in [0.1, 0.15) is 29.6 Å². The zero-order valence-corrected chi connectivity index (χ0v) is 10.2. The Bertz CT molecular complexity index is 537. The fourth-order valence-electron chi connectivity index (χ4n) is 1.62. The molecular weight excluding hydrogens is 237 g/mol. The van der Waals surface area contributed by atoms with Crippen molar-refractivity contribution in [2.24, 2.45) is 0 Å². The number of benzene rings is 1. The van der Waals surface area contributed by atoms with Gasteiger partial charge >= 0.3 is 0 Å². The van der Waals surface area contributed by atoms with E-state index in [1.54, 1.807) is 19.9 Å². The number of halogens is 1. The van der Waals surface area contributed by atoms with Crippen molar-refractivity contribution in [1.29, 1.82) is 0 Å². The van der Waals surface area contributed by atoms with Crippen LogP contribution in [-0.2, 0) is 6.61 Å². The van der Waals surface area contributed by atoms with Gasteiger partial charge in [-0.3, -0.25) is 0 Å². The van der Waals surface area contributed by atoms with Gasteiger partial charge in [-0.15, -0.1) is 0 Å². The largest absolute Gasteiger partial charge is 0.487 e. The molecule has 1 aromatic carbocycles. The van der Waals surface area contributed by atoms with E-state index in [1.807, 2.05) is 0 Å². The van der Waals surface area contributed by atoms with Crippen LogP contribution in [0.4, 0.5) is 4.39 Å². The Labute approximate surface area is 104 Å². The van der Waals surface area contributed by atoms with Gasteiger partial charge in [-0.1, -0.05) is 5.16 Å². The number of hydrogen-bond donors (Lipinski definition) is 1. The van der Waals surface area contributed by atoms with Crippen LogP contribution in [0, 0.1) is 12.7 Å². The van der Waals surface area contributed by atoms with Crippen molar-refractivity contribution >= 4 is 0 Å². The minimum Gasteiger partial charge on any atom is -0.487 e. The monoisotopic (exact) mass is 251 g/mol. The van der Waals surface area contributed by atoms with E-state index < -0.39 is 11.9 Å². The standard InChI is InChI=1S/C13H14FNO3/c1-8-5-11(15-18-8)7-17-13-6-10(14)3-4-12(13)9(2)16/h3-6,9,16H,7H2,1-2H3/t9-/m0/s1. The molecule has 0 amide bonds. The number of aromatic nitrogens is 1. The summed E-state index contributed by atoms with van der Waals surface area (Å²) in [6, 6.07) is 5.77. The Morgan fingerprint density at radius 3 is 2.83 bits per heavy atom. The average molecular weight is 251 g/mol. The molecule has 1 atom stereocenters. The minimum atomic E-state index is -0.723. The smallest absolute Gasteiger partial charge is 0.134 e. The summed E-state index contributed by atoms with van der Waals surface area (Å²) in [7, 11) is 0. The highest BCUT2D eigenvalue weighted by Gasteiger charge is 2.11. The first kappa shape index (κ1) is 12.6. The number of aryl methyl sites for hydroxylation is 1. The highest BCUT2D eigenvalue weighted by Crippen LogP contribution is 2.26. The number of rotatable bonds is 4. The van der Waals surface area contributed by atoms with Crippen molar-refractivity contribution in [3.8, 4) is 5.75 Å². The van der Waals surface area contributed by atoms with Crippen LogP contribution in [0.3, 0.4) is 0 Å². The fraction of sp³-hybridized carbons (Fsp3) is 0.308. The number of ether oxygens (including phenoxy) is 1. The third kappa shape index (κ3) is 2.87. The molecule has 5 heteroatoms. The number of aliphatic hydroxyl groups excluding tert-OH is 1. The van der Waals surface area contributed by atoms with Gasteiger partial charge in [-0.25, -0.2) is 4.39 Å². The van der Waals surface area contributed by atoms with Gasteiger partial charge in [0.2, 0.25) is 0 Å². The van der Waals surface area contributed by atoms with E-state index in [0.29, 0.717) is 22.8 Å². The van der Waals surface area contributed by atoms with Crippen LogP contribution in [0.1, 0.15) is 30.0 Å². The molecule has 96 valence electrons. The van der Waals surface area contributed by atoms with E-state index in [9.17, 15) is 9.50 Å². The van der Waals surface area contributed by atoms with E-state index in [-0.39, 0.29) is 6.61 Å². The Hall–Kier alpha value is -1.88. The molecule has 0 radical (unpaired) electrons. The zero-order chi connectivity index (χ0) is 13.1. The first-order chi connectivity index (χ1) is 8.56. The average Bonchev–Trinajstić information content (AvgIpc) is 2.72. The fourth-order valence-corrected chi connectivity index (χ4v) is 1.62. The van der Waals surface area contributed by atoms with Gasteiger partial charge in [0.05, 0.1) is 6.10 Å². The van der Waals surface area contributed by atoms with Gasteiger partial charge in [0.15, 0.2) is 0 Å². The molecule has 0 aliphatic rings. The van der Waals surface area contributed by atoms with E-state index in [0.717, 1.165) is 0 Å². The molecule has 2 rings (SSSR count). The molecular formula is C13H14FNO3. The maximum atomic E-state index is 13.1. The third-order valence-corrected chi connectivity index (χ3v) is 2.48. The lowest BCUT2D eigenvalue weighted by Crippen LogP contribution is -2.01. The van der Waals surface area contributed by atoms with Crippen LogP contribution in [0.5, 0.6) is 5.75 Å². The second-order valence-corrected chi connectivity index (χ2v) is 4.08. The summed E-state index contributed by atoms with van der Waals surface area (Å²) in [6.07, 6.45) is -0.723. The number of nitrogens with zero attached hydrogens (tertiary/aromatic N) is 1. The molecule has 1 aromatic heterocycles. The normalized spacial score (nSPS) is 12.4. The number of aliphatic hydroxyl groups is 1. The second-order valence-electron chi connectivity index (χ2n) is 4.08. The second kappa shape index (κ2) is 5.18. The van der Waals surface area contributed by atoms with Crippen molar-refractivity contribution in [3.05, 3.63) is 47.1 Å². The molecule has 2 aromatic rings. The van der Waals surface area contributed by atoms with Crippen LogP contribution in [-0.4, -0.2) is 10.3 Å². The molecule has 1 heterocycles. The summed E-state index contributed by atoms with van der Waals surface area (Å²) in [5, 5.41) is 13.3. The maximum Gasteiger partial charge on any atom is 0.134 e. The maximum absolute atomic E-state index is 13.1. The van der Waals surface area contributed by atoms with Gasteiger partial charge in [0, 0.05) is 17.7 Å². The van der Waals surface area contributed by atoms with E-state index in [2.05, 4.69) is 5.16 Å². The highest BCUT2D eigenvalue weighted by atomic mass is 19.1. The summed E-state index contributed by atoms with van der Waals surface area (Å²) >= 11 is 0. The topological polar surface area (TPSA) is 55.5 Å². The van der Waals surface area contributed by atoms with Crippen LogP contribution in [0.25, 0.3) is 0 Å². The molecule has 0 aliphatic carbocycles. The van der Waals surface area contributed by atoms with E-state index in [4.69, 9.17) is 9.26 Å². The van der Waals surface area contributed by atoms with E-state index >= 15 is 0 Å². The van der Waals surface area contributed by atoms with Crippen molar-refractivity contribution in [1.82, 2.24) is 5.16 Å². The predicted molar refractivity (Wildman–Crippen MR) is 62.6 cm³/mol. The van der Waals surface area contributed by atoms with Gasteiger partial charge in [-0.05, 0) is 26.0 Å². The number of hydrogen-bond acceptors (Lipinski definition) is 4. The lowest BCUT2D eigenvalue weighted by molar-refractivity contribution is 0.189. The molecule has 18 heavy (non-hydrogen) atoms. The van der Waals surface area contributed by atoms with Crippen molar-refractivity contribution in [2.45, 2.75) is 26.6 Å². The summed E-state index contributed by atoms with van der Waals surface area (Å²) in [5.74, 6) is 0.583. The Kier molecular flexibility index (Phi) is 3.62. The molecule has 0 saturated heterocycles. The summed E-state index contributed by atoms with van der Waals surface area (Å²) in [5.41, 5.74) is 1.16. The zero-order valence-electron chi connectivity index (χ0n) is 10.2. The molecule has 4 nitrogen and oxygen atoms in total. The Balaban J connectivity index is 2.15. The Morgan fingerprint density at radius 2 is 2.22 bits per heavy atom. The lowest BCUT2D eigenvalue weighted by Gasteiger charge is -2.12. The summed E-state index contributed by atoms with van der Waals surface area (Å²) in [4.78, 5) is 0. The highest BCUT2D eigenvalue weighted by molar-refractivity contribution is 5.35. The van der Waals surface area contributed by atoms with Crippen LogP contribution in [0.2, 0.25) is 0 Å². The van der Waals surface area contributed by atoms with Gasteiger partial charge in [0.25, 0.3) is 0 Å². The van der Waals surface area contributed by atoms with E-state index in [1.165, 1.54) is 18.2 Å². The van der Waals surface area contributed by atoms with Gasteiger partial charge in [-0.2, -0.15) is 0 Å². The first-order valence-corrected chi connectivity index (χ1v) is 5.59. The lowest BCUT2D eigenvalue weighted by atomic mass is 10.1. The van der Waals surface area contributed by atoms with Crippen LogP contribution < -0.4 is 4.74 Å². The molecule has 0 unspecified atom stereocenters. The molecule has 0 spiro atoms. The van der Waals surface area contributed by atoms with Crippen LogP contribution in [0.15, 0.2) is 28.8 Å². The Morgan fingerprint density at radius 1 is 1.44 bits per heavy atom. The van der Waals surface area contributed by atoms with Gasteiger partial charge < -0.3 is 14.4 Å². The summed E-state index contributed by atoms with van der Waals surface area (Å²) in [6.45, 7) is 3.54. The quantitative estimate of drug-likeness (QED) is 0.907. The van der Waals surface area contributed by atoms with Crippen LogP contribution >= 0.6 is 0 Å².